The van der Waals surface area contributed by atoms with Crippen LogP contribution in [0, 0.1) is 17.6 Å². The van der Waals surface area contributed by atoms with Crippen LogP contribution in [0.25, 0.3) is 0 Å². The number of ether oxygens (including phenoxy) is 1. The molecule has 0 saturated heterocycles. The Balaban J connectivity index is 2.06. The van der Waals surface area contributed by atoms with Gasteiger partial charge < -0.3 is 9.84 Å². The molecule has 5 heteroatoms. The molecule has 1 saturated carbocycles. The van der Waals surface area contributed by atoms with Crippen molar-refractivity contribution in [1.29, 1.82) is 0 Å². The van der Waals surface area contributed by atoms with Gasteiger partial charge in [0.25, 0.3) is 0 Å². The van der Waals surface area contributed by atoms with Gasteiger partial charge in [0.05, 0.1) is 13.3 Å². The SMILES string of the molecule is OCC1CCC(c2ccc(OCCCF)c(F)c2F)CC1. The normalized spacial score (nSPS) is 22.3. The molecule has 0 aromatic heterocycles. The number of hydrogen-bond acceptors (Lipinski definition) is 2. The second-order valence-electron chi connectivity index (χ2n) is 5.57. The number of halogens is 3. The zero-order valence-corrected chi connectivity index (χ0v) is 12.0. The minimum Gasteiger partial charge on any atom is -0.490 e. The first-order valence-electron chi connectivity index (χ1n) is 7.44. The predicted molar refractivity (Wildman–Crippen MR) is 74.2 cm³/mol. The molecule has 1 fully saturated rings. The van der Waals surface area contributed by atoms with Crippen LogP contribution in [-0.2, 0) is 0 Å². The second kappa shape index (κ2) is 7.69. The topological polar surface area (TPSA) is 29.5 Å². The molecule has 118 valence electrons. The molecule has 21 heavy (non-hydrogen) atoms. The van der Waals surface area contributed by atoms with Gasteiger partial charge in [-0.05, 0) is 49.1 Å². The van der Waals surface area contributed by atoms with E-state index in [1.54, 1.807) is 6.07 Å². The quantitative estimate of drug-likeness (QED) is 0.806. The third-order valence-electron chi connectivity index (χ3n) is 4.16. The van der Waals surface area contributed by atoms with E-state index in [4.69, 9.17) is 9.84 Å². The van der Waals surface area contributed by atoms with Crippen molar-refractivity contribution in [2.75, 3.05) is 19.9 Å². The molecule has 0 aliphatic heterocycles. The van der Waals surface area contributed by atoms with E-state index >= 15 is 0 Å². The first-order chi connectivity index (χ1) is 10.2. The van der Waals surface area contributed by atoms with Crippen LogP contribution in [0.1, 0.15) is 43.6 Å². The second-order valence-corrected chi connectivity index (χ2v) is 5.57. The van der Waals surface area contributed by atoms with Crippen molar-refractivity contribution in [1.82, 2.24) is 0 Å². The minimum atomic E-state index is -0.990. The van der Waals surface area contributed by atoms with Gasteiger partial charge in [0.1, 0.15) is 0 Å². The van der Waals surface area contributed by atoms with E-state index in [0.717, 1.165) is 25.7 Å². The summed E-state index contributed by atoms with van der Waals surface area (Å²) in [5, 5.41) is 9.11. The smallest absolute Gasteiger partial charge is 0.200 e. The van der Waals surface area contributed by atoms with Crippen molar-refractivity contribution >= 4 is 0 Å². The minimum absolute atomic E-state index is 0.0119. The van der Waals surface area contributed by atoms with E-state index in [-0.39, 0.29) is 37.2 Å². The summed E-state index contributed by atoms with van der Waals surface area (Å²) in [6, 6.07) is 2.98. The van der Waals surface area contributed by atoms with Gasteiger partial charge in [0.2, 0.25) is 5.82 Å². The predicted octanol–water partition coefficient (Wildman–Crippen LogP) is 3.97. The van der Waals surface area contributed by atoms with E-state index < -0.39 is 18.3 Å². The Bertz CT molecular complexity index is 457. The largest absolute Gasteiger partial charge is 0.490 e. The van der Waals surface area contributed by atoms with Crippen molar-refractivity contribution in [3.8, 4) is 5.75 Å². The molecule has 2 rings (SSSR count). The van der Waals surface area contributed by atoms with Crippen LogP contribution in [0.5, 0.6) is 5.75 Å². The maximum Gasteiger partial charge on any atom is 0.200 e. The van der Waals surface area contributed by atoms with Crippen molar-refractivity contribution in [2.45, 2.75) is 38.0 Å². The zero-order valence-electron chi connectivity index (χ0n) is 12.0. The zero-order chi connectivity index (χ0) is 15.2. The van der Waals surface area contributed by atoms with E-state index in [0.29, 0.717) is 5.56 Å². The standard InChI is InChI=1S/C16H21F3O2/c17-8-1-9-21-14-7-6-13(15(18)16(14)19)12-4-2-11(10-20)3-5-12/h6-7,11-12,20H,1-5,8-10H2. The molecule has 0 amide bonds. The van der Waals surface area contributed by atoms with Gasteiger partial charge in [0.15, 0.2) is 11.6 Å². The summed E-state index contributed by atoms with van der Waals surface area (Å²) < 4.78 is 45.1. The fraction of sp³-hybridized carbons (Fsp3) is 0.625. The molecule has 1 aliphatic rings. The van der Waals surface area contributed by atoms with Crippen LogP contribution in [0.3, 0.4) is 0 Å². The Kier molecular flexibility index (Phi) is 5.91. The Hall–Kier alpha value is -1.23. The Morgan fingerprint density at radius 3 is 2.43 bits per heavy atom. The Morgan fingerprint density at radius 1 is 1.10 bits per heavy atom. The lowest BCUT2D eigenvalue weighted by atomic mass is 9.79. The third-order valence-corrected chi connectivity index (χ3v) is 4.16. The number of rotatable bonds is 6. The fourth-order valence-corrected chi connectivity index (χ4v) is 2.87. The molecule has 1 aliphatic carbocycles. The highest BCUT2D eigenvalue weighted by atomic mass is 19.2. The first-order valence-corrected chi connectivity index (χ1v) is 7.44. The lowest BCUT2D eigenvalue weighted by Gasteiger charge is -2.28. The summed E-state index contributed by atoms with van der Waals surface area (Å²) in [6.07, 6.45) is 3.33. The number of benzene rings is 1. The highest BCUT2D eigenvalue weighted by Crippen LogP contribution is 2.38. The molecular weight excluding hydrogens is 281 g/mol. The van der Waals surface area contributed by atoms with Crippen LogP contribution >= 0.6 is 0 Å². The number of hydrogen-bond donors (Lipinski definition) is 1. The molecular formula is C16H21F3O2. The number of aliphatic hydroxyl groups is 1. The van der Waals surface area contributed by atoms with Gasteiger partial charge >= 0.3 is 0 Å². The molecule has 0 heterocycles. The number of aliphatic hydroxyl groups excluding tert-OH is 1. The lowest BCUT2D eigenvalue weighted by molar-refractivity contribution is 0.181. The molecule has 1 aromatic rings. The molecule has 0 unspecified atom stereocenters. The first kappa shape index (κ1) is 16.1. The van der Waals surface area contributed by atoms with E-state index in [1.165, 1.54) is 6.07 Å². The molecule has 0 bridgehead atoms. The average molecular weight is 302 g/mol. The molecule has 0 radical (unpaired) electrons. The summed E-state index contributed by atoms with van der Waals surface area (Å²) in [6.45, 7) is -0.352. The van der Waals surface area contributed by atoms with Gasteiger partial charge in [-0.2, -0.15) is 4.39 Å². The molecule has 2 nitrogen and oxygen atoms in total. The summed E-state index contributed by atoms with van der Waals surface area (Å²) in [5.74, 6) is -1.75. The van der Waals surface area contributed by atoms with Gasteiger partial charge in [-0.25, -0.2) is 4.39 Å². The van der Waals surface area contributed by atoms with E-state index in [9.17, 15) is 13.2 Å². The van der Waals surface area contributed by atoms with Crippen LogP contribution in [0.4, 0.5) is 13.2 Å². The summed E-state index contributed by atoms with van der Waals surface area (Å²) in [4.78, 5) is 0. The van der Waals surface area contributed by atoms with Crippen molar-refractivity contribution in [3.05, 3.63) is 29.3 Å². The van der Waals surface area contributed by atoms with Gasteiger partial charge in [-0.1, -0.05) is 6.07 Å². The van der Waals surface area contributed by atoms with E-state index in [1.807, 2.05) is 0 Å². The average Bonchev–Trinajstić information content (AvgIpc) is 2.52. The van der Waals surface area contributed by atoms with Crippen molar-refractivity contribution in [3.63, 3.8) is 0 Å². The van der Waals surface area contributed by atoms with Crippen molar-refractivity contribution < 1.29 is 23.0 Å². The highest BCUT2D eigenvalue weighted by Gasteiger charge is 2.26. The molecule has 1 aromatic carbocycles. The molecule has 1 N–H and O–H groups in total. The highest BCUT2D eigenvalue weighted by molar-refractivity contribution is 5.33. The van der Waals surface area contributed by atoms with Crippen molar-refractivity contribution in [2.24, 2.45) is 5.92 Å². The monoisotopic (exact) mass is 302 g/mol. The van der Waals surface area contributed by atoms with Gasteiger partial charge in [0, 0.05) is 13.0 Å². The lowest BCUT2D eigenvalue weighted by Crippen LogP contribution is -2.17. The van der Waals surface area contributed by atoms with Gasteiger partial charge in [-0.15, -0.1) is 0 Å². The molecule has 0 atom stereocenters. The van der Waals surface area contributed by atoms with Crippen LogP contribution in [-0.4, -0.2) is 25.0 Å². The van der Waals surface area contributed by atoms with E-state index in [2.05, 4.69) is 0 Å². The summed E-state index contributed by atoms with van der Waals surface area (Å²) >= 11 is 0. The fourth-order valence-electron chi connectivity index (χ4n) is 2.87. The molecule has 0 spiro atoms. The maximum absolute atomic E-state index is 14.2. The summed E-state index contributed by atoms with van der Waals surface area (Å²) in [7, 11) is 0. The Morgan fingerprint density at radius 2 is 1.81 bits per heavy atom. The number of alkyl halides is 1. The third kappa shape index (κ3) is 3.90. The van der Waals surface area contributed by atoms with Crippen LogP contribution < -0.4 is 4.74 Å². The summed E-state index contributed by atoms with van der Waals surface area (Å²) in [5.41, 5.74) is 0.377. The van der Waals surface area contributed by atoms with Crippen LogP contribution in [0.15, 0.2) is 12.1 Å². The van der Waals surface area contributed by atoms with Crippen LogP contribution in [0.2, 0.25) is 0 Å². The Labute approximate surface area is 122 Å². The van der Waals surface area contributed by atoms with Gasteiger partial charge in [-0.3, -0.25) is 4.39 Å². The maximum atomic E-state index is 14.2.